The number of nitrogens with one attached hydrogen (secondary N) is 1. The number of thioether (sulfide) groups is 1. The summed E-state index contributed by atoms with van der Waals surface area (Å²) in [7, 11) is 0. The Morgan fingerprint density at radius 3 is 2.32 bits per heavy atom. The van der Waals surface area contributed by atoms with Crippen LogP contribution in [0.5, 0.6) is 0 Å². The Hall–Kier alpha value is -2.57. The lowest BCUT2D eigenvalue weighted by Gasteiger charge is -2.13. The molecular weight excluding hydrogens is 360 g/mol. The number of nitrogens with zero attached hydrogens (tertiary/aromatic N) is 1. The van der Waals surface area contributed by atoms with Crippen LogP contribution in [0.15, 0.2) is 53.4 Å². The third-order valence-corrected chi connectivity index (χ3v) is 4.53. The number of hydrogen-bond donors (Lipinski definition) is 1. The zero-order valence-electron chi connectivity index (χ0n) is 13.2. The largest absolute Gasteiger partial charge is 0.326 e. The molecule has 0 atom stereocenters. The highest BCUT2D eigenvalue weighted by molar-refractivity contribution is 8.19. The molecule has 1 saturated heterocycles. The van der Waals surface area contributed by atoms with Crippen molar-refractivity contribution in [1.29, 1.82) is 0 Å². The normalized spacial score (nSPS) is 15.8. The molecule has 2 aromatic rings. The maximum Gasteiger partial charge on any atom is 0.298 e. The Bertz CT molecular complexity index is 876. The molecule has 3 amide bonds. The van der Waals surface area contributed by atoms with E-state index < -0.39 is 0 Å². The first kappa shape index (κ1) is 17.3. The molecule has 7 heteroatoms. The average Bonchev–Trinajstić information content (AvgIpc) is 2.84. The van der Waals surface area contributed by atoms with Crippen LogP contribution in [0.1, 0.15) is 12.5 Å². The third kappa shape index (κ3) is 3.92. The van der Waals surface area contributed by atoms with E-state index in [9.17, 15) is 14.4 Å². The van der Waals surface area contributed by atoms with Crippen LogP contribution < -0.4 is 10.2 Å². The molecule has 1 heterocycles. The van der Waals surface area contributed by atoms with E-state index in [0.29, 0.717) is 21.3 Å². The molecule has 0 radical (unpaired) electrons. The first-order chi connectivity index (χ1) is 11.9. The Kier molecular flexibility index (Phi) is 4.92. The Labute approximate surface area is 153 Å². The average molecular weight is 373 g/mol. The van der Waals surface area contributed by atoms with Crippen molar-refractivity contribution in [3.8, 4) is 0 Å². The van der Waals surface area contributed by atoms with Gasteiger partial charge in [-0.05, 0) is 59.8 Å². The monoisotopic (exact) mass is 372 g/mol. The van der Waals surface area contributed by atoms with Gasteiger partial charge in [0.25, 0.3) is 11.1 Å². The molecule has 0 bridgehead atoms. The van der Waals surface area contributed by atoms with Gasteiger partial charge in [0.15, 0.2) is 0 Å². The number of hydrogen-bond acceptors (Lipinski definition) is 4. The van der Waals surface area contributed by atoms with Gasteiger partial charge in [-0.2, -0.15) is 0 Å². The predicted octanol–water partition coefficient (Wildman–Crippen LogP) is 4.54. The Morgan fingerprint density at radius 1 is 1.08 bits per heavy atom. The fourth-order valence-electron chi connectivity index (χ4n) is 2.30. The van der Waals surface area contributed by atoms with E-state index >= 15 is 0 Å². The molecule has 0 spiro atoms. The van der Waals surface area contributed by atoms with E-state index in [1.54, 1.807) is 54.6 Å². The Balaban J connectivity index is 1.83. The number of imide groups is 1. The second kappa shape index (κ2) is 7.13. The van der Waals surface area contributed by atoms with Gasteiger partial charge in [0.2, 0.25) is 5.91 Å². The van der Waals surface area contributed by atoms with Gasteiger partial charge < -0.3 is 5.32 Å². The molecule has 126 valence electrons. The summed E-state index contributed by atoms with van der Waals surface area (Å²) >= 11 is 6.73. The minimum atomic E-state index is -0.378. The van der Waals surface area contributed by atoms with Crippen molar-refractivity contribution >= 4 is 57.9 Å². The fraction of sp³-hybridized carbons (Fsp3) is 0.0556. The standard InChI is InChI=1S/C18H13ClN2O3S/c1-11(22)20-14-6-8-15(9-7-14)21-17(23)16(25-18(21)24)10-12-2-4-13(19)5-3-12/h2-10H,1H3,(H,20,22)/b16-10-. The maximum atomic E-state index is 12.6. The van der Waals surface area contributed by atoms with Gasteiger partial charge in [-0.3, -0.25) is 14.4 Å². The fourth-order valence-corrected chi connectivity index (χ4v) is 3.27. The minimum absolute atomic E-state index is 0.190. The molecule has 25 heavy (non-hydrogen) atoms. The number of carbonyl (C=O) groups excluding carboxylic acids is 3. The molecule has 1 aliphatic rings. The maximum absolute atomic E-state index is 12.6. The van der Waals surface area contributed by atoms with E-state index in [4.69, 9.17) is 11.6 Å². The first-order valence-electron chi connectivity index (χ1n) is 7.35. The SMILES string of the molecule is CC(=O)Nc1ccc(N2C(=O)S/C(=C\c3ccc(Cl)cc3)C2=O)cc1. The van der Waals surface area contributed by atoms with E-state index in [1.165, 1.54) is 6.92 Å². The van der Waals surface area contributed by atoms with Crippen LogP contribution in [-0.2, 0) is 9.59 Å². The summed E-state index contributed by atoms with van der Waals surface area (Å²) in [6.07, 6.45) is 1.66. The van der Waals surface area contributed by atoms with E-state index in [1.807, 2.05) is 0 Å². The second-order valence-corrected chi connectivity index (χ2v) is 6.73. The molecule has 0 unspecified atom stereocenters. The highest BCUT2D eigenvalue weighted by atomic mass is 35.5. The topological polar surface area (TPSA) is 66.5 Å². The summed E-state index contributed by atoms with van der Waals surface area (Å²) in [5.41, 5.74) is 1.84. The number of carbonyl (C=O) groups is 3. The van der Waals surface area contributed by atoms with Crippen molar-refractivity contribution in [2.75, 3.05) is 10.2 Å². The molecule has 0 aliphatic carbocycles. The number of anilines is 2. The molecule has 1 aliphatic heterocycles. The van der Waals surface area contributed by atoms with Crippen LogP contribution in [0.4, 0.5) is 16.2 Å². The van der Waals surface area contributed by atoms with Crippen LogP contribution in [-0.4, -0.2) is 17.1 Å². The number of halogens is 1. The van der Waals surface area contributed by atoms with Crippen LogP contribution in [0.25, 0.3) is 6.08 Å². The van der Waals surface area contributed by atoms with E-state index in [0.717, 1.165) is 22.2 Å². The van der Waals surface area contributed by atoms with Gasteiger partial charge in [0.05, 0.1) is 10.6 Å². The zero-order valence-corrected chi connectivity index (χ0v) is 14.7. The number of benzene rings is 2. The summed E-state index contributed by atoms with van der Waals surface area (Å²) < 4.78 is 0. The molecule has 3 rings (SSSR count). The van der Waals surface area contributed by atoms with E-state index in [2.05, 4.69) is 5.32 Å². The molecule has 0 saturated carbocycles. The lowest BCUT2D eigenvalue weighted by atomic mass is 10.2. The van der Waals surface area contributed by atoms with Crippen molar-refractivity contribution in [1.82, 2.24) is 0 Å². The van der Waals surface area contributed by atoms with Crippen LogP contribution in [0.2, 0.25) is 5.02 Å². The predicted molar refractivity (Wildman–Crippen MR) is 101 cm³/mol. The summed E-state index contributed by atoms with van der Waals surface area (Å²) in [6, 6.07) is 13.5. The second-order valence-electron chi connectivity index (χ2n) is 5.30. The lowest BCUT2D eigenvalue weighted by Crippen LogP contribution is -2.27. The van der Waals surface area contributed by atoms with Crippen LogP contribution >= 0.6 is 23.4 Å². The van der Waals surface area contributed by atoms with Crippen molar-refractivity contribution in [3.05, 3.63) is 64.0 Å². The number of rotatable bonds is 3. The van der Waals surface area contributed by atoms with Crippen LogP contribution in [0.3, 0.4) is 0 Å². The molecule has 0 aromatic heterocycles. The molecule has 1 N–H and O–H groups in total. The van der Waals surface area contributed by atoms with Crippen molar-refractivity contribution in [2.45, 2.75) is 6.92 Å². The smallest absolute Gasteiger partial charge is 0.298 e. The first-order valence-corrected chi connectivity index (χ1v) is 8.54. The summed E-state index contributed by atoms with van der Waals surface area (Å²) in [5, 5.41) is 2.87. The van der Waals surface area contributed by atoms with Crippen molar-refractivity contribution < 1.29 is 14.4 Å². The molecular formula is C18H13ClN2O3S. The zero-order chi connectivity index (χ0) is 18.0. The Morgan fingerprint density at radius 2 is 1.72 bits per heavy atom. The third-order valence-electron chi connectivity index (χ3n) is 3.41. The van der Waals surface area contributed by atoms with Gasteiger partial charge in [0.1, 0.15) is 0 Å². The summed E-state index contributed by atoms with van der Waals surface area (Å²) in [6.45, 7) is 1.41. The summed E-state index contributed by atoms with van der Waals surface area (Å²) in [4.78, 5) is 37.3. The highest BCUT2D eigenvalue weighted by Crippen LogP contribution is 2.36. The summed E-state index contributed by atoms with van der Waals surface area (Å²) in [5.74, 6) is -0.568. The minimum Gasteiger partial charge on any atom is -0.326 e. The van der Waals surface area contributed by atoms with Crippen molar-refractivity contribution in [3.63, 3.8) is 0 Å². The van der Waals surface area contributed by atoms with Crippen LogP contribution in [0, 0.1) is 0 Å². The molecule has 1 fully saturated rings. The lowest BCUT2D eigenvalue weighted by molar-refractivity contribution is -0.114. The highest BCUT2D eigenvalue weighted by Gasteiger charge is 2.36. The number of amides is 3. The molecule has 5 nitrogen and oxygen atoms in total. The quantitative estimate of drug-likeness (QED) is 0.803. The van der Waals surface area contributed by atoms with Gasteiger partial charge >= 0.3 is 0 Å². The van der Waals surface area contributed by atoms with Gasteiger partial charge in [-0.25, -0.2) is 4.90 Å². The van der Waals surface area contributed by atoms with Gasteiger partial charge in [-0.15, -0.1) is 0 Å². The van der Waals surface area contributed by atoms with Gasteiger partial charge in [-0.1, -0.05) is 23.7 Å². The van der Waals surface area contributed by atoms with Gasteiger partial charge in [0, 0.05) is 17.6 Å². The van der Waals surface area contributed by atoms with E-state index in [-0.39, 0.29) is 17.1 Å². The molecule has 2 aromatic carbocycles. The van der Waals surface area contributed by atoms with Crippen molar-refractivity contribution in [2.24, 2.45) is 0 Å².